The zero-order chi connectivity index (χ0) is 13.0. The highest BCUT2D eigenvalue weighted by Gasteiger charge is 2.01. The summed E-state index contributed by atoms with van der Waals surface area (Å²) in [5.74, 6) is -0.330. The first-order valence-corrected chi connectivity index (χ1v) is 6.47. The number of nitrogens with one attached hydrogen (secondary N) is 1. The number of carbonyl (C=O) groups excluding carboxylic acids is 1. The highest BCUT2D eigenvalue weighted by molar-refractivity contribution is 7.19. The lowest BCUT2D eigenvalue weighted by molar-refractivity contribution is -0.134. The van der Waals surface area contributed by atoms with Crippen LogP contribution in [-0.4, -0.2) is 20.1 Å². The van der Waals surface area contributed by atoms with E-state index in [0.717, 1.165) is 11.4 Å². The zero-order valence-corrected chi connectivity index (χ0v) is 11.2. The largest absolute Gasteiger partial charge is 0.466 e. The molecule has 1 aromatic heterocycles. The molecule has 2 aromatic rings. The lowest BCUT2D eigenvalue weighted by Crippen LogP contribution is -2.04. The van der Waals surface area contributed by atoms with Gasteiger partial charge < -0.3 is 10.1 Å². The van der Waals surface area contributed by atoms with Crippen molar-refractivity contribution in [1.82, 2.24) is 5.32 Å². The molecule has 94 valence electrons. The van der Waals surface area contributed by atoms with Gasteiger partial charge in [-0.3, -0.25) is 0 Å². The fourth-order valence-electron chi connectivity index (χ4n) is 1.73. The van der Waals surface area contributed by atoms with Crippen molar-refractivity contribution < 1.29 is 9.53 Å². The molecule has 2 rings (SSSR count). The van der Waals surface area contributed by atoms with Crippen LogP contribution >= 0.6 is 11.3 Å². The van der Waals surface area contributed by atoms with Crippen molar-refractivity contribution in [2.45, 2.75) is 6.54 Å². The average molecular weight is 261 g/mol. The Kier molecular flexibility index (Phi) is 4.12. The molecule has 18 heavy (non-hydrogen) atoms. The third-order valence-electron chi connectivity index (χ3n) is 2.57. The maximum Gasteiger partial charge on any atom is 0.330 e. The van der Waals surface area contributed by atoms with E-state index < -0.39 is 0 Å². The molecular formula is C14H15NO2S. The summed E-state index contributed by atoms with van der Waals surface area (Å²) in [6, 6.07) is 8.47. The van der Waals surface area contributed by atoms with Crippen molar-refractivity contribution in [3.63, 3.8) is 0 Å². The van der Waals surface area contributed by atoms with Gasteiger partial charge in [0.1, 0.15) is 0 Å². The monoisotopic (exact) mass is 261 g/mol. The van der Waals surface area contributed by atoms with Crippen LogP contribution < -0.4 is 5.32 Å². The van der Waals surface area contributed by atoms with Gasteiger partial charge in [-0.05, 0) is 42.3 Å². The van der Waals surface area contributed by atoms with Crippen molar-refractivity contribution in [3.8, 4) is 0 Å². The van der Waals surface area contributed by atoms with Crippen LogP contribution in [-0.2, 0) is 16.1 Å². The van der Waals surface area contributed by atoms with Gasteiger partial charge in [0.25, 0.3) is 0 Å². The first kappa shape index (κ1) is 12.8. The Morgan fingerprint density at radius 1 is 1.44 bits per heavy atom. The normalized spacial score (nSPS) is 11.2. The highest BCUT2D eigenvalue weighted by atomic mass is 32.1. The fraction of sp³-hybridized carbons (Fsp3) is 0.214. The molecule has 0 aliphatic rings. The Morgan fingerprint density at radius 3 is 3.00 bits per heavy atom. The number of thiophene rings is 1. The summed E-state index contributed by atoms with van der Waals surface area (Å²) in [4.78, 5) is 12.1. The Balaban J connectivity index is 2.27. The molecule has 0 fully saturated rings. The number of ether oxygens (including phenoxy) is 1. The van der Waals surface area contributed by atoms with Gasteiger partial charge in [0.2, 0.25) is 0 Å². The van der Waals surface area contributed by atoms with Crippen LogP contribution in [0.3, 0.4) is 0 Å². The van der Waals surface area contributed by atoms with E-state index >= 15 is 0 Å². The summed E-state index contributed by atoms with van der Waals surface area (Å²) in [5, 5.41) is 4.34. The molecule has 1 heterocycles. The smallest absolute Gasteiger partial charge is 0.330 e. The second kappa shape index (κ2) is 5.80. The van der Waals surface area contributed by atoms with Crippen LogP contribution in [0, 0.1) is 0 Å². The van der Waals surface area contributed by atoms with E-state index in [2.05, 4.69) is 34.3 Å². The van der Waals surface area contributed by atoms with Crippen LogP contribution in [0.25, 0.3) is 16.2 Å². The van der Waals surface area contributed by atoms with Gasteiger partial charge in [0, 0.05) is 22.2 Å². The summed E-state index contributed by atoms with van der Waals surface area (Å²) < 4.78 is 5.79. The number of carbonyl (C=O) groups is 1. The lowest BCUT2D eigenvalue weighted by atomic mass is 10.1. The van der Waals surface area contributed by atoms with E-state index in [9.17, 15) is 4.79 Å². The van der Waals surface area contributed by atoms with E-state index in [1.165, 1.54) is 28.8 Å². The number of methoxy groups -OCH3 is 1. The maximum atomic E-state index is 11.0. The van der Waals surface area contributed by atoms with E-state index in [0.29, 0.717) is 0 Å². The number of esters is 1. The SMILES string of the molecule is CNCc1ccc2sc(/C=C/C(=O)OC)cc2c1. The third-order valence-corrected chi connectivity index (χ3v) is 3.65. The summed E-state index contributed by atoms with van der Waals surface area (Å²) >= 11 is 1.66. The van der Waals surface area contributed by atoms with Crippen LogP contribution in [0.1, 0.15) is 10.4 Å². The van der Waals surface area contributed by atoms with Gasteiger partial charge in [-0.15, -0.1) is 11.3 Å². The second-order valence-corrected chi connectivity index (χ2v) is 5.02. The Hall–Kier alpha value is -1.65. The number of fused-ring (bicyclic) bond motifs is 1. The van der Waals surface area contributed by atoms with Crippen LogP contribution in [0.2, 0.25) is 0 Å². The molecule has 0 radical (unpaired) electrons. The van der Waals surface area contributed by atoms with Gasteiger partial charge in [-0.1, -0.05) is 6.07 Å². The molecule has 0 saturated carbocycles. The topological polar surface area (TPSA) is 38.3 Å². The van der Waals surface area contributed by atoms with Crippen molar-refractivity contribution in [1.29, 1.82) is 0 Å². The standard InChI is InChI=1S/C14H15NO2S/c1-15-9-10-3-5-13-11(7-10)8-12(18-13)4-6-14(16)17-2/h3-8,15H,9H2,1-2H3/b6-4+. The fourth-order valence-corrected chi connectivity index (χ4v) is 2.68. The molecule has 0 bridgehead atoms. The van der Waals surface area contributed by atoms with E-state index in [1.807, 2.05) is 7.05 Å². The molecule has 0 atom stereocenters. The van der Waals surface area contributed by atoms with Gasteiger partial charge in [0.05, 0.1) is 7.11 Å². The Morgan fingerprint density at radius 2 is 2.28 bits per heavy atom. The Labute approximate surface area is 110 Å². The summed E-state index contributed by atoms with van der Waals surface area (Å²) in [6.07, 6.45) is 3.23. The van der Waals surface area contributed by atoms with Crippen molar-refractivity contribution in [2.75, 3.05) is 14.2 Å². The van der Waals surface area contributed by atoms with Gasteiger partial charge in [-0.25, -0.2) is 4.79 Å². The predicted octanol–water partition coefficient (Wildman–Crippen LogP) is 2.81. The molecule has 4 heteroatoms. The van der Waals surface area contributed by atoms with E-state index in [4.69, 9.17) is 0 Å². The molecule has 3 nitrogen and oxygen atoms in total. The minimum Gasteiger partial charge on any atom is -0.466 e. The lowest BCUT2D eigenvalue weighted by Gasteiger charge is -1.98. The van der Waals surface area contributed by atoms with Crippen LogP contribution in [0.4, 0.5) is 0 Å². The minimum absolute atomic E-state index is 0.330. The predicted molar refractivity (Wildman–Crippen MR) is 75.6 cm³/mol. The summed E-state index contributed by atoms with van der Waals surface area (Å²) in [7, 11) is 3.31. The molecule has 0 saturated heterocycles. The molecule has 0 unspecified atom stereocenters. The molecule has 1 aromatic carbocycles. The molecule has 1 N–H and O–H groups in total. The number of hydrogen-bond acceptors (Lipinski definition) is 4. The summed E-state index contributed by atoms with van der Waals surface area (Å²) in [6.45, 7) is 0.860. The first-order chi connectivity index (χ1) is 8.72. The second-order valence-electron chi connectivity index (χ2n) is 3.91. The van der Waals surface area contributed by atoms with Crippen LogP contribution in [0.15, 0.2) is 30.3 Å². The van der Waals surface area contributed by atoms with Crippen LogP contribution in [0.5, 0.6) is 0 Å². The zero-order valence-electron chi connectivity index (χ0n) is 10.4. The highest BCUT2D eigenvalue weighted by Crippen LogP contribution is 2.27. The Bertz CT molecular complexity index is 586. The molecule has 0 aliphatic heterocycles. The number of rotatable bonds is 4. The van der Waals surface area contributed by atoms with E-state index in [1.54, 1.807) is 17.4 Å². The van der Waals surface area contributed by atoms with Crippen molar-refractivity contribution in [2.24, 2.45) is 0 Å². The third kappa shape index (κ3) is 2.97. The minimum atomic E-state index is -0.330. The quantitative estimate of drug-likeness (QED) is 0.679. The first-order valence-electron chi connectivity index (χ1n) is 5.66. The molecule has 0 spiro atoms. The summed E-state index contributed by atoms with van der Waals surface area (Å²) in [5.41, 5.74) is 1.26. The molecular weight excluding hydrogens is 246 g/mol. The van der Waals surface area contributed by atoms with Crippen molar-refractivity contribution in [3.05, 3.63) is 40.8 Å². The van der Waals surface area contributed by atoms with Crippen molar-refractivity contribution >= 4 is 33.5 Å². The maximum absolute atomic E-state index is 11.0. The molecule has 0 amide bonds. The van der Waals surface area contributed by atoms with Gasteiger partial charge in [-0.2, -0.15) is 0 Å². The number of hydrogen-bond donors (Lipinski definition) is 1. The average Bonchev–Trinajstić information content (AvgIpc) is 2.78. The van der Waals surface area contributed by atoms with Gasteiger partial charge in [0.15, 0.2) is 0 Å². The van der Waals surface area contributed by atoms with Gasteiger partial charge >= 0.3 is 5.97 Å². The van der Waals surface area contributed by atoms with E-state index in [-0.39, 0.29) is 5.97 Å². The number of benzene rings is 1. The molecule has 0 aliphatic carbocycles.